The van der Waals surface area contributed by atoms with Gasteiger partial charge in [-0.3, -0.25) is 0 Å². The fraction of sp³-hybridized carbons (Fsp3) is 0.308. The Labute approximate surface area is 101 Å². The Morgan fingerprint density at radius 2 is 1.47 bits per heavy atom. The van der Waals surface area contributed by atoms with Gasteiger partial charge >= 0.3 is 0 Å². The maximum absolute atomic E-state index is 5.65. The summed E-state index contributed by atoms with van der Waals surface area (Å²) in [4.78, 5) is 12.5. The minimum absolute atomic E-state index is 0.269. The molecule has 0 atom stereocenters. The normalized spacial score (nSPS) is 10.6. The third-order valence-corrected chi connectivity index (χ3v) is 2.85. The van der Waals surface area contributed by atoms with Gasteiger partial charge in [-0.2, -0.15) is 9.97 Å². The van der Waals surface area contributed by atoms with Crippen LogP contribution in [0.2, 0.25) is 0 Å². The maximum Gasteiger partial charge on any atom is 0.223 e. The number of hydrogen-bond acceptors (Lipinski definition) is 4. The lowest BCUT2D eigenvalue weighted by Gasteiger charge is -2.09. The molecule has 0 aliphatic carbocycles. The number of anilines is 1. The third kappa shape index (κ3) is 2.25. The molecule has 1 heterocycles. The van der Waals surface area contributed by atoms with Crippen molar-refractivity contribution in [2.45, 2.75) is 27.7 Å². The van der Waals surface area contributed by atoms with E-state index in [9.17, 15) is 0 Å². The molecular formula is C13H16N4. The average Bonchev–Trinajstić information content (AvgIpc) is 2.22. The molecule has 2 N–H and O–H groups in total. The zero-order valence-electron chi connectivity index (χ0n) is 10.6. The highest BCUT2D eigenvalue weighted by Crippen LogP contribution is 2.23. The van der Waals surface area contributed by atoms with Gasteiger partial charge in [-0.25, -0.2) is 4.98 Å². The minimum Gasteiger partial charge on any atom is -0.368 e. The van der Waals surface area contributed by atoms with Crippen LogP contribution in [0.15, 0.2) is 12.1 Å². The van der Waals surface area contributed by atoms with Gasteiger partial charge in [0.25, 0.3) is 0 Å². The van der Waals surface area contributed by atoms with Gasteiger partial charge in [-0.05, 0) is 50.5 Å². The van der Waals surface area contributed by atoms with Gasteiger partial charge in [-0.1, -0.05) is 6.07 Å². The van der Waals surface area contributed by atoms with E-state index in [4.69, 9.17) is 5.73 Å². The van der Waals surface area contributed by atoms with Crippen molar-refractivity contribution in [2.75, 3.05) is 5.73 Å². The highest BCUT2D eigenvalue weighted by atomic mass is 15.1. The van der Waals surface area contributed by atoms with Crippen LogP contribution in [0.1, 0.15) is 22.5 Å². The summed E-state index contributed by atoms with van der Waals surface area (Å²) in [7, 11) is 0. The van der Waals surface area contributed by atoms with Crippen molar-refractivity contribution in [2.24, 2.45) is 0 Å². The summed E-state index contributed by atoms with van der Waals surface area (Å²) < 4.78 is 0. The van der Waals surface area contributed by atoms with Gasteiger partial charge in [0, 0.05) is 5.56 Å². The second-order valence-corrected chi connectivity index (χ2v) is 4.32. The molecule has 17 heavy (non-hydrogen) atoms. The molecule has 0 amide bonds. The van der Waals surface area contributed by atoms with Crippen LogP contribution in [0.5, 0.6) is 0 Å². The van der Waals surface area contributed by atoms with Crippen molar-refractivity contribution in [3.05, 3.63) is 34.6 Å². The Hall–Kier alpha value is -1.97. The van der Waals surface area contributed by atoms with Gasteiger partial charge in [0.05, 0.1) is 0 Å². The van der Waals surface area contributed by atoms with Crippen molar-refractivity contribution in [3.63, 3.8) is 0 Å². The molecule has 0 aliphatic heterocycles. The van der Waals surface area contributed by atoms with Crippen LogP contribution in [0.3, 0.4) is 0 Å². The first-order valence-electron chi connectivity index (χ1n) is 5.54. The molecule has 0 spiro atoms. The van der Waals surface area contributed by atoms with Gasteiger partial charge in [0.1, 0.15) is 5.82 Å². The van der Waals surface area contributed by atoms with Gasteiger partial charge < -0.3 is 5.73 Å². The number of hydrogen-bond donors (Lipinski definition) is 1. The fourth-order valence-corrected chi connectivity index (χ4v) is 1.82. The number of benzene rings is 1. The topological polar surface area (TPSA) is 64.7 Å². The molecule has 1 aromatic carbocycles. The Bertz CT molecular complexity index is 556. The summed E-state index contributed by atoms with van der Waals surface area (Å²) >= 11 is 0. The predicted octanol–water partition coefficient (Wildman–Crippen LogP) is 2.35. The smallest absolute Gasteiger partial charge is 0.223 e. The summed E-state index contributed by atoms with van der Waals surface area (Å²) in [5.74, 6) is 1.56. The van der Waals surface area contributed by atoms with Crippen molar-refractivity contribution >= 4 is 5.95 Å². The number of aromatic nitrogens is 3. The lowest BCUT2D eigenvalue weighted by Crippen LogP contribution is -2.03. The zero-order chi connectivity index (χ0) is 12.6. The van der Waals surface area contributed by atoms with Crippen LogP contribution >= 0.6 is 0 Å². The maximum atomic E-state index is 5.65. The molecule has 1 aromatic heterocycles. The van der Waals surface area contributed by atoms with E-state index in [0.29, 0.717) is 11.6 Å². The summed E-state index contributed by atoms with van der Waals surface area (Å²) in [6.07, 6.45) is 0. The van der Waals surface area contributed by atoms with E-state index < -0.39 is 0 Å². The SMILES string of the molecule is Cc1nc(N)nc(-c2cc(C)c(C)cc2C)n1. The number of rotatable bonds is 1. The van der Waals surface area contributed by atoms with E-state index in [1.165, 1.54) is 11.1 Å². The van der Waals surface area contributed by atoms with E-state index >= 15 is 0 Å². The van der Waals surface area contributed by atoms with Crippen molar-refractivity contribution in [3.8, 4) is 11.4 Å². The second-order valence-electron chi connectivity index (χ2n) is 4.32. The Balaban J connectivity index is 2.64. The average molecular weight is 228 g/mol. The van der Waals surface area contributed by atoms with Gasteiger partial charge in [0.2, 0.25) is 5.95 Å². The summed E-state index contributed by atoms with van der Waals surface area (Å²) in [6, 6.07) is 4.23. The lowest BCUT2D eigenvalue weighted by atomic mass is 10.0. The summed E-state index contributed by atoms with van der Waals surface area (Å²) in [5, 5.41) is 0. The Kier molecular flexibility index (Phi) is 2.79. The first-order chi connectivity index (χ1) is 7.97. The molecule has 0 aliphatic rings. The van der Waals surface area contributed by atoms with E-state index in [0.717, 1.165) is 11.1 Å². The Morgan fingerprint density at radius 3 is 2.12 bits per heavy atom. The van der Waals surface area contributed by atoms with E-state index in [1.54, 1.807) is 0 Å². The molecular weight excluding hydrogens is 212 g/mol. The van der Waals surface area contributed by atoms with Crippen molar-refractivity contribution in [1.29, 1.82) is 0 Å². The van der Waals surface area contributed by atoms with Crippen LogP contribution in [0.25, 0.3) is 11.4 Å². The molecule has 0 unspecified atom stereocenters. The molecule has 0 bridgehead atoms. The Morgan fingerprint density at radius 1 is 0.824 bits per heavy atom. The molecule has 4 nitrogen and oxygen atoms in total. The molecule has 0 radical (unpaired) electrons. The zero-order valence-corrected chi connectivity index (χ0v) is 10.6. The monoisotopic (exact) mass is 228 g/mol. The van der Waals surface area contributed by atoms with Crippen LogP contribution in [-0.4, -0.2) is 15.0 Å². The van der Waals surface area contributed by atoms with E-state index in [-0.39, 0.29) is 5.95 Å². The first kappa shape index (κ1) is 11.5. The molecule has 0 saturated carbocycles. The fourth-order valence-electron chi connectivity index (χ4n) is 1.82. The van der Waals surface area contributed by atoms with Crippen molar-refractivity contribution < 1.29 is 0 Å². The lowest BCUT2D eigenvalue weighted by molar-refractivity contribution is 0.994. The standard InChI is InChI=1S/C13H16N4/c1-7-5-9(3)11(6-8(7)2)12-15-10(4)16-13(14)17-12/h5-6H,1-4H3,(H2,14,15,16,17). The first-order valence-corrected chi connectivity index (χ1v) is 5.54. The number of aryl methyl sites for hydroxylation is 4. The van der Waals surface area contributed by atoms with Crippen LogP contribution in [0.4, 0.5) is 5.95 Å². The summed E-state index contributed by atoms with van der Waals surface area (Å²) in [6.45, 7) is 8.05. The number of nitrogens with two attached hydrogens (primary N) is 1. The highest BCUT2D eigenvalue weighted by Gasteiger charge is 2.09. The van der Waals surface area contributed by atoms with Crippen LogP contribution in [-0.2, 0) is 0 Å². The summed E-state index contributed by atoms with van der Waals surface area (Å²) in [5.41, 5.74) is 10.3. The van der Waals surface area contributed by atoms with Crippen LogP contribution < -0.4 is 5.73 Å². The number of nitrogen functional groups attached to an aromatic ring is 1. The second kappa shape index (κ2) is 4.13. The minimum atomic E-state index is 0.269. The van der Waals surface area contributed by atoms with E-state index in [2.05, 4.69) is 47.9 Å². The van der Waals surface area contributed by atoms with E-state index in [1.807, 2.05) is 6.92 Å². The molecule has 88 valence electrons. The third-order valence-electron chi connectivity index (χ3n) is 2.85. The molecule has 2 rings (SSSR count). The highest BCUT2D eigenvalue weighted by molar-refractivity contribution is 5.62. The van der Waals surface area contributed by atoms with Gasteiger partial charge in [0.15, 0.2) is 5.82 Å². The van der Waals surface area contributed by atoms with Gasteiger partial charge in [-0.15, -0.1) is 0 Å². The molecule has 0 fully saturated rings. The molecule has 4 heteroatoms. The molecule has 2 aromatic rings. The van der Waals surface area contributed by atoms with Crippen molar-refractivity contribution in [1.82, 2.24) is 15.0 Å². The molecule has 0 saturated heterocycles. The largest absolute Gasteiger partial charge is 0.368 e. The quantitative estimate of drug-likeness (QED) is 0.813. The predicted molar refractivity (Wildman–Crippen MR) is 68.6 cm³/mol. The number of nitrogens with zero attached hydrogens (tertiary/aromatic N) is 3. The van der Waals surface area contributed by atoms with Crippen LogP contribution in [0, 0.1) is 27.7 Å².